The maximum Gasteiger partial charge on any atom is 0.305 e. The van der Waals surface area contributed by atoms with Gasteiger partial charge in [-0.3, -0.25) is 9.59 Å². The summed E-state index contributed by atoms with van der Waals surface area (Å²) in [6, 6.07) is 0. The Labute approximate surface area is 356 Å². The lowest BCUT2D eigenvalue weighted by Gasteiger charge is -2.18. The second-order valence-electron chi connectivity index (χ2n) is 18.1. The normalized spacial score (nSPS) is 12.3. The number of rotatable bonds is 46. The van der Waals surface area contributed by atoms with Gasteiger partial charge in [-0.05, 0) is 83.8 Å². The molecule has 0 aliphatic heterocycles. The molecule has 0 aromatic carbocycles. The predicted molar refractivity (Wildman–Crippen MR) is 246 cm³/mol. The second kappa shape index (κ2) is 44.4. The number of ether oxygens (including phenoxy) is 3. The van der Waals surface area contributed by atoms with Gasteiger partial charge >= 0.3 is 11.9 Å². The van der Waals surface area contributed by atoms with Crippen LogP contribution in [0.4, 0.5) is 0 Å². The molecule has 0 spiro atoms. The molecule has 0 saturated heterocycles. The van der Waals surface area contributed by atoms with E-state index in [9.17, 15) is 9.59 Å². The van der Waals surface area contributed by atoms with Crippen molar-refractivity contribution in [2.45, 2.75) is 265 Å². The minimum Gasteiger partial charge on any atom is -0.466 e. The molecule has 0 radical (unpaired) electrons. The van der Waals surface area contributed by atoms with Crippen LogP contribution in [0.3, 0.4) is 0 Å². The van der Waals surface area contributed by atoms with E-state index in [-0.39, 0.29) is 11.9 Å². The molecule has 57 heavy (non-hydrogen) atoms. The lowest BCUT2D eigenvalue weighted by Crippen LogP contribution is -2.16. The molecule has 1 unspecified atom stereocenters. The Morgan fingerprint density at radius 2 is 0.737 bits per heavy atom. The van der Waals surface area contributed by atoms with Crippen molar-refractivity contribution in [2.24, 2.45) is 11.8 Å². The number of unbranched alkanes of at least 4 members (excludes halogenated alkanes) is 19. The molecular weight excluding hydrogens is 707 g/mol. The molecule has 0 aliphatic rings. The van der Waals surface area contributed by atoms with Gasteiger partial charge in [0.15, 0.2) is 0 Å². The summed E-state index contributed by atoms with van der Waals surface area (Å²) in [6.45, 7) is 12.3. The number of carbonyl (C=O) groups excluding carboxylic acids is 2. The van der Waals surface area contributed by atoms with Gasteiger partial charge in [-0.1, -0.05) is 195 Å². The maximum atomic E-state index is 12.4. The van der Waals surface area contributed by atoms with Gasteiger partial charge in [-0.2, -0.15) is 0 Å². The van der Waals surface area contributed by atoms with Gasteiger partial charge in [0.2, 0.25) is 0 Å². The van der Waals surface area contributed by atoms with Crippen molar-refractivity contribution in [1.29, 1.82) is 0 Å². The largest absolute Gasteiger partial charge is 0.466 e. The Morgan fingerprint density at radius 3 is 1.11 bits per heavy atom. The number of hydrogen-bond acceptors (Lipinski definition) is 6. The number of nitrogens with zero attached hydrogens (tertiary/aromatic N) is 1. The van der Waals surface area contributed by atoms with Gasteiger partial charge in [0, 0.05) is 19.4 Å². The average Bonchev–Trinajstić information content (AvgIpc) is 3.19. The standard InChI is InChI=1S/C51H101NO5/c1-7-11-23-33-47(34-24-12-8-2)41-45-56-50(53)39-29-21-17-15-16-19-27-37-49(55-44-32-31-43-52(5)6)38-28-20-18-22-30-40-51(54)57-46-42-48(35-25-13-9-3)36-26-14-10-4/h47-49H,7-46H2,1-6H3. The summed E-state index contributed by atoms with van der Waals surface area (Å²) in [5.74, 6) is 1.45. The van der Waals surface area contributed by atoms with Crippen LogP contribution in [0.2, 0.25) is 0 Å². The fraction of sp³-hybridized carbons (Fsp3) is 0.961. The highest BCUT2D eigenvalue weighted by atomic mass is 16.5. The first-order chi connectivity index (χ1) is 27.9. The highest BCUT2D eigenvalue weighted by Crippen LogP contribution is 2.23. The summed E-state index contributed by atoms with van der Waals surface area (Å²) in [5.41, 5.74) is 0. The van der Waals surface area contributed by atoms with Crippen LogP contribution in [0.15, 0.2) is 0 Å². The Morgan fingerprint density at radius 1 is 0.386 bits per heavy atom. The van der Waals surface area contributed by atoms with E-state index >= 15 is 0 Å². The SMILES string of the molecule is CCCCCC(CCCCC)CCOC(=O)CCCCCCCCCC(CCCCCCCC(=O)OCCC(CCCCC)CCCCC)OCCCCN(C)C. The molecule has 0 heterocycles. The fourth-order valence-corrected chi connectivity index (χ4v) is 8.21. The molecule has 0 aromatic heterocycles. The third-order valence-electron chi connectivity index (χ3n) is 12.1. The van der Waals surface area contributed by atoms with Gasteiger partial charge in [-0.25, -0.2) is 0 Å². The van der Waals surface area contributed by atoms with Crippen molar-refractivity contribution in [3.63, 3.8) is 0 Å². The first kappa shape index (κ1) is 55.9. The molecular formula is C51H101NO5. The van der Waals surface area contributed by atoms with E-state index in [0.29, 0.717) is 32.2 Å². The average molecular weight is 808 g/mol. The first-order valence-electron chi connectivity index (χ1n) is 25.4. The third kappa shape index (κ3) is 41.4. The van der Waals surface area contributed by atoms with Crippen LogP contribution < -0.4 is 0 Å². The molecule has 6 nitrogen and oxygen atoms in total. The van der Waals surface area contributed by atoms with E-state index in [2.05, 4.69) is 46.7 Å². The van der Waals surface area contributed by atoms with E-state index in [1.54, 1.807) is 0 Å². The minimum absolute atomic E-state index is 0.00313. The van der Waals surface area contributed by atoms with E-state index < -0.39 is 0 Å². The lowest BCUT2D eigenvalue weighted by molar-refractivity contribution is -0.145. The summed E-state index contributed by atoms with van der Waals surface area (Å²) in [4.78, 5) is 27.0. The molecule has 0 aromatic rings. The maximum absolute atomic E-state index is 12.4. The summed E-state index contributed by atoms with van der Waals surface area (Å²) in [7, 11) is 4.28. The minimum atomic E-state index is 0.00313. The Hall–Kier alpha value is -1.14. The lowest BCUT2D eigenvalue weighted by atomic mass is 9.92. The summed E-state index contributed by atoms with van der Waals surface area (Å²) in [5, 5.41) is 0. The molecule has 0 N–H and O–H groups in total. The Bertz CT molecular complexity index is 814. The van der Waals surface area contributed by atoms with Crippen LogP contribution >= 0.6 is 0 Å². The zero-order chi connectivity index (χ0) is 41.9. The summed E-state index contributed by atoms with van der Waals surface area (Å²) in [6.07, 6.45) is 43.1. The van der Waals surface area contributed by atoms with Crippen molar-refractivity contribution >= 4 is 11.9 Å². The van der Waals surface area contributed by atoms with Crippen molar-refractivity contribution in [2.75, 3.05) is 40.5 Å². The molecule has 6 heteroatoms. The highest BCUT2D eigenvalue weighted by molar-refractivity contribution is 5.69. The van der Waals surface area contributed by atoms with E-state index in [1.165, 1.54) is 167 Å². The van der Waals surface area contributed by atoms with Crippen molar-refractivity contribution in [3.8, 4) is 0 Å². The molecule has 0 amide bonds. The Kier molecular flexibility index (Phi) is 43.5. The van der Waals surface area contributed by atoms with Crippen LogP contribution in [-0.2, 0) is 23.8 Å². The van der Waals surface area contributed by atoms with Gasteiger partial charge in [0.25, 0.3) is 0 Å². The highest BCUT2D eigenvalue weighted by Gasteiger charge is 2.13. The smallest absolute Gasteiger partial charge is 0.305 e. The van der Waals surface area contributed by atoms with Crippen LogP contribution in [-0.4, -0.2) is 63.4 Å². The summed E-state index contributed by atoms with van der Waals surface area (Å²) >= 11 is 0. The molecule has 0 rings (SSSR count). The van der Waals surface area contributed by atoms with Crippen LogP contribution in [0.25, 0.3) is 0 Å². The van der Waals surface area contributed by atoms with Crippen molar-refractivity contribution in [3.05, 3.63) is 0 Å². The van der Waals surface area contributed by atoms with Gasteiger partial charge < -0.3 is 19.1 Å². The molecule has 0 fully saturated rings. The summed E-state index contributed by atoms with van der Waals surface area (Å²) < 4.78 is 17.7. The quantitative estimate of drug-likeness (QED) is 0.0451. The van der Waals surface area contributed by atoms with Crippen LogP contribution in [0.1, 0.15) is 259 Å². The fourth-order valence-electron chi connectivity index (χ4n) is 8.21. The van der Waals surface area contributed by atoms with Gasteiger partial charge in [0.05, 0.1) is 19.3 Å². The molecule has 0 bridgehead atoms. The number of hydrogen-bond donors (Lipinski definition) is 0. The second-order valence-corrected chi connectivity index (χ2v) is 18.1. The third-order valence-corrected chi connectivity index (χ3v) is 12.1. The van der Waals surface area contributed by atoms with E-state index in [4.69, 9.17) is 14.2 Å². The molecule has 0 saturated carbocycles. The monoisotopic (exact) mass is 808 g/mol. The number of esters is 2. The zero-order valence-electron chi connectivity index (χ0n) is 39.5. The first-order valence-corrected chi connectivity index (χ1v) is 25.4. The topological polar surface area (TPSA) is 65.1 Å². The number of carbonyl (C=O) groups is 2. The molecule has 0 aliphatic carbocycles. The Balaban J connectivity index is 4.17. The van der Waals surface area contributed by atoms with Gasteiger partial charge in [-0.15, -0.1) is 0 Å². The van der Waals surface area contributed by atoms with Gasteiger partial charge in [0.1, 0.15) is 0 Å². The predicted octanol–water partition coefficient (Wildman–Crippen LogP) is 15.4. The zero-order valence-corrected chi connectivity index (χ0v) is 39.5. The molecule has 1 atom stereocenters. The van der Waals surface area contributed by atoms with Crippen LogP contribution in [0.5, 0.6) is 0 Å². The van der Waals surface area contributed by atoms with Crippen molar-refractivity contribution < 1.29 is 23.8 Å². The van der Waals surface area contributed by atoms with E-state index in [1.807, 2.05) is 0 Å². The van der Waals surface area contributed by atoms with E-state index in [0.717, 1.165) is 76.4 Å². The molecule has 340 valence electrons. The van der Waals surface area contributed by atoms with Crippen LogP contribution in [0, 0.1) is 11.8 Å². The van der Waals surface area contributed by atoms with Crippen molar-refractivity contribution in [1.82, 2.24) is 4.90 Å².